The van der Waals surface area contributed by atoms with Crippen LogP contribution >= 0.6 is 0 Å². The van der Waals surface area contributed by atoms with Crippen LogP contribution in [0, 0.1) is 13.8 Å². The molecule has 3 rings (SSSR count). The number of hydrogen-bond donors (Lipinski definition) is 1. The minimum atomic E-state index is -0.340. The van der Waals surface area contributed by atoms with Crippen molar-refractivity contribution in [2.75, 3.05) is 0 Å². The van der Waals surface area contributed by atoms with Crippen molar-refractivity contribution in [1.82, 2.24) is 4.98 Å². The molecule has 1 aliphatic rings. The predicted octanol–water partition coefficient (Wildman–Crippen LogP) is 3.33. The van der Waals surface area contributed by atoms with E-state index in [1.165, 1.54) is 22.3 Å². The SMILES string of the molecule is Cc1ccc(CC(O)C2CCc3cccnc32)cc1C. The Labute approximate surface area is 120 Å². The maximum absolute atomic E-state index is 10.6. The molecule has 2 heteroatoms. The fourth-order valence-corrected chi connectivity index (χ4v) is 3.13. The number of aromatic nitrogens is 1. The van der Waals surface area contributed by atoms with Crippen LogP contribution in [0.5, 0.6) is 0 Å². The van der Waals surface area contributed by atoms with Crippen molar-refractivity contribution in [2.24, 2.45) is 0 Å². The van der Waals surface area contributed by atoms with Gasteiger partial charge in [-0.2, -0.15) is 0 Å². The topological polar surface area (TPSA) is 33.1 Å². The van der Waals surface area contributed by atoms with E-state index in [1.807, 2.05) is 12.3 Å². The highest BCUT2D eigenvalue weighted by molar-refractivity contribution is 5.32. The zero-order valence-electron chi connectivity index (χ0n) is 12.1. The summed E-state index contributed by atoms with van der Waals surface area (Å²) in [6, 6.07) is 10.6. The number of fused-ring (bicyclic) bond motifs is 1. The summed E-state index contributed by atoms with van der Waals surface area (Å²) < 4.78 is 0. The first kappa shape index (κ1) is 13.3. The van der Waals surface area contributed by atoms with Crippen molar-refractivity contribution in [3.8, 4) is 0 Å². The minimum absolute atomic E-state index is 0.188. The molecule has 0 bridgehead atoms. The number of aliphatic hydroxyl groups is 1. The van der Waals surface area contributed by atoms with E-state index < -0.39 is 0 Å². The molecule has 1 aliphatic carbocycles. The summed E-state index contributed by atoms with van der Waals surface area (Å²) >= 11 is 0. The number of nitrogens with zero attached hydrogens (tertiary/aromatic N) is 1. The molecule has 2 unspecified atom stereocenters. The summed E-state index contributed by atoms with van der Waals surface area (Å²) in [5.74, 6) is 0.188. The van der Waals surface area contributed by atoms with Gasteiger partial charge < -0.3 is 5.11 Å². The van der Waals surface area contributed by atoms with Gasteiger partial charge in [0.05, 0.1) is 6.10 Å². The average Bonchev–Trinajstić information content (AvgIpc) is 2.87. The van der Waals surface area contributed by atoms with Gasteiger partial charge in [-0.1, -0.05) is 24.3 Å². The molecule has 0 fully saturated rings. The highest BCUT2D eigenvalue weighted by Gasteiger charge is 2.29. The Morgan fingerprint density at radius 1 is 1.25 bits per heavy atom. The molecule has 20 heavy (non-hydrogen) atoms. The maximum Gasteiger partial charge on any atom is 0.0664 e. The highest BCUT2D eigenvalue weighted by atomic mass is 16.3. The molecule has 2 atom stereocenters. The molecule has 0 amide bonds. The Hall–Kier alpha value is -1.67. The number of pyridine rings is 1. The van der Waals surface area contributed by atoms with Gasteiger partial charge in [0.1, 0.15) is 0 Å². The third-order valence-electron chi connectivity index (χ3n) is 4.48. The van der Waals surface area contributed by atoms with Gasteiger partial charge in [-0.15, -0.1) is 0 Å². The van der Waals surface area contributed by atoms with Gasteiger partial charge in [-0.3, -0.25) is 4.98 Å². The molecular formula is C18H21NO. The van der Waals surface area contributed by atoms with Crippen molar-refractivity contribution in [2.45, 2.75) is 45.1 Å². The molecule has 2 aromatic rings. The lowest BCUT2D eigenvalue weighted by atomic mass is 9.93. The lowest BCUT2D eigenvalue weighted by Gasteiger charge is -2.19. The third kappa shape index (κ3) is 2.48. The van der Waals surface area contributed by atoms with E-state index in [9.17, 15) is 5.11 Å². The summed E-state index contributed by atoms with van der Waals surface area (Å²) in [6.07, 6.45) is 4.26. The first-order valence-corrected chi connectivity index (χ1v) is 7.33. The Balaban J connectivity index is 1.77. The van der Waals surface area contributed by atoms with Gasteiger partial charge in [0, 0.05) is 17.8 Å². The van der Waals surface area contributed by atoms with E-state index in [2.05, 4.69) is 43.1 Å². The second kappa shape index (κ2) is 5.37. The van der Waals surface area contributed by atoms with Crippen LogP contribution in [-0.2, 0) is 12.8 Å². The fourth-order valence-electron chi connectivity index (χ4n) is 3.13. The summed E-state index contributed by atoms with van der Waals surface area (Å²) in [5.41, 5.74) is 6.21. The molecule has 1 aromatic carbocycles. The van der Waals surface area contributed by atoms with Gasteiger partial charge in [-0.05, 0) is 61.4 Å². The summed E-state index contributed by atoms with van der Waals surface area (Å²) in [4.78, 5) is 4.48. The normalized spacial score (nSPS) is 18.9. The second-order valence-corrected chi connectivity index (χ2v) is 5.88. The minimum Gasteiger partial charge on any atom is -0.392 e. The van der Waals surface area contributed by atoms with E-state index in [0.29, 0.717) is 6.42 Å². The predicted molar refractivity (Wildman–Crippen MR) is 80.9 cm³/mol. The quantitative estimate of drug-likeness (QED) is 0.925. The van der Waals surface area contributed by atoms with Crippen LogP contribution in [-0.4, -0.2) is 16.2 Å². The first-order chi connectivity index (χ1) is 9.65. The standard InChI is InChI=1S/C18H21NO/c1-12-5-6-14(10-13(12)2)11-17(20)16-8-7-15-4-3-9-19-18(15)16/h3-6,9-10,16-17,20H,7-8,11H2,1-2H3. The molecule has 104 valence electrons. The largest absolute Gasteiger partial charge is 0.392 e. The number of rotatable bonds is 3. The van der Waals surface area contributed by atoms with E-state index >= 15 is 0 Å². The molecular weight excluding hydrogens is 246 g/mol. The fraction of sp³-hybridized carbons (Fsp3) is 0.389. The van der Waals surface area contributed by atoms with Crippen molar-refractivity contribution in [1.29, 1.82) is 0 Å². The van der Waals surface area contributed by atoms with Crippen LogP contribution in [0.25, 0.3) is 0 Å². The molecule has 1 aromatic heterocycles. The van der Waals surface area contributed by atoms with Gasteiger partial charge in [0.25, 0.3) is 0 Å². The number of aryl methyl sites for hydroxylation is 3. The molecule has 1 N–H and O–H groups in total. The van der Waals surface area contributed by atoms with Crippen molar-refractivity contribution >= 4 is 0 Å². The number of benzene rings is 1. The van der Waals surface area contributed by atoms with Crippen LogP contribution in [0.4, 0.5) is 0 Å². The molecule has 2 nitrogen and oxygen atoms in total. The molecule has 0 spiro atoms. The summed E-state index contributed by atoms with van der Waals surface area (Å²) in [6.45, 7) is 4.24. The highest BCUT2D eigenvalue weighted by Crippen LogP contribution is 2.34. The Kier molecular flexibility index (Phi) is 3.58. The van der Waals surface area contributed by atoms with Crippen LogP contribution < -0.4 is 0 Å². The van der Waals surface area contributed by atoms with Crippen LogP contribution in [0.3, 0.4) is 0 Å². The molecule has 1 heterocycles. The van der Waals surface area contributed by atoms with E-state index in [-0.39, 0.29) is 12.0 Å². The summed E-state index contributed by atoms with van der Waals surface area (Å²) in [5, 5.41) is 10.6. The van der Waals surface area contributed by atoms with Crippen LogP contribution in [0.2, 0.25) is 0 Å². The first-order valence-electron chi connectivity index (χ1n) is 7.33. The van der Waals surface area contributed by atoms with E-state index in [0.717, 1.165) is 18.5 Å². The van der Waals surface area contributed by atoms with E-state index in [1.54, 1.807) is 0 Å². The zero-order valence-corrected chi connectivity index (χ0v) is 12.1. The monoisotopic (exact) mass is 267 g/mol. The van der Waals surface area contributed by atoms with Crippen molar-refractivity contribution < 1.29 is 5.11 Å². The van der Waals surface area contributed by atoms with Crippen LogP contribution in [0.1, 0.15) is 40.3 Å². The van der Waals surface area contributed by atoms with Crippen molar-refractivity contribution in [3.63, 3.8) is 0 Å². The Bertz CT molecular complexity index is 621. The Morgan fingerprint density at radius 3 is 2.90 bits per heavy atom. The average molecular weight is 267 g/mol. The summed E-state index contributed by atoms with van der Waals surface area (Å²) in [7, 11) is 0. The lowest BCUT2D eigenvalue weighted by molar-refractivity contribution is 0.141. The number of aliphatic hydroxyl groups excluding tert-OH is 1. The van der Waals surface area contributed by atoms with E-state index in [4.69, 9.17) is 0 Å². The van der Waals surface area contributed by atoms with Gasteiger partial charge >= 0.3 is 0 Å². The van der Waals surface area contributed by atoms with Gasteiger partial charge in [0.2, 0.25) is 0 Å². The molecule has 0 saturated carbocycles. The zero-order chi connectivity index (χ0) is 14.1. The maximum atomic E-state index is 10.6. The van der Waals surface area contributed by atoms with Gasteiger partial charge in [-0.25, -0.2) is 0 Å². The van der Waals surface area contributed by atoms with Gasteiger partial charge in [0.15, 0.2) is 0 Å². The molecule has 0 radical (unpaired) electrons. The smallest absolute Gasteiger partial charge is 0.0664 e. The van der Waals surface area contributed by atoms with Crippen LogP contribution in [0.15, 0.2) is 36.5 Å². The molecule has 0 saturated heterocycles. The van der Waals surface area contributed by atoms with Crippen molar-refractivity contribution in [3.05, 3.63) is 64.5 Å². The lowest BCUT2D eigenvalue weighted by Crippen LogP contribution is -2.20. The third-order valence-corrected chi connectivity index (χ3v) is 4.48. The number of hydrogen-bond acceptors (Lipinski definition) is 2. The molecule has 0 aliphatic heterocycles. The Morgan fingerprint density at radius 2 is 2.10 bits per heavy atom. The second-order valence-electron chi connectivity index (χ2n) is 5.88.